The number of hydrogen-bond donors (Lipinski definition) is 1. The maximum atomic E-state index is 4.81. The van der Waals surface area contributed by atoms with Gasteiger partial charge >= 0.3 is 56.9 Å². The van der Waals surface area contributed by atoms with Crippen LogP contribution in [0.2, 0.25) is 0 Å². The van der Waals surface area contributed by atoms with Crippen LogP contribution in [0.4, 0.5) is 0 Å². The van der Waals surface area contributed by atoms with Gasteiger partial charge in [0.1, 0.15) is 4.32 Å². The summed E-state index contributed by atoms with van der Waals surface area (Å²) in [5.74, 6) is 0. The van der Waals surface area contributed by atoms with Crippen LogP contribution in [0.1, 0.15) is 13.8 Å². The molecule has 0 atom stereocenters. The first-order chi connectivity index (χ1) is 3.72. The first kappa shape index (κ1) is 18.1. The van der Waals surface area contributed by atoms with Crippen molar-refractivity contribution in [2.24, 2.45) is 0 Å². The van der Waals surface area contributed by atoms with Gasteiger partial charge in [-0.1, -0.05) is 12.2 Å². The summed E-state index contributed by atoms with van der Waals surface area (Å²) in [7, 11) is 0. The Hall–Kier alpha value is 2.16. The van der Waals surface area contributed by atoms with Gasteiger partial charge in [-0.25, -0.2) is 0 Å². The molecule has 0 fully saturated rings. The third-order valence-corrected chi connectivity index (χ3v) is 1.58. The van der Waals surface area contributed by atoms with E-state index < -0.39 is 0 Å². The zero-order valence-electron chi connectivity index (χ0n) is 5.92. The Labute approximate surface area is 116 Å². The van der Waals surface area contributed by atoms with Crippen molar-refractivity contribution in [3.05, 3.63) is 0 Å². The van der Waals surface area contributed by atoms with Crippen LogP contribution >= 0.6 is 24.8 Å². The molecular formula is C5H14NNaPbS2. The maximum absolute atomic E-state index is 4.81. The van der Waals surface area contributed by atoms with Gasteiger partial charge in [0, 0.05) is 13.1 Å². The third-order valence-electron chi connectivity index (χ3n) is 1.03. The van der Waals surface area contributed by atoms with Crippen LogP contribution < -0.4 is 0 Å². The second-order valence-corrected chi connectivity index (χ2v) is 2.57. The van der Waals surface area contributed by atoms with Gasteiger partial charge in [-0.05, 0) is 13.8 Å². The summed E-state index contributed by atoms with van der Waals surface area (Å²) in [5, 5.41) is 0. The quantitative estimate of drug-likeness (QED) is 0.406. The summed E-state index contributed by atoms with van der Waals surface area (Å²) >= 11 is 8.82. The fraction of sp³-hybridized carbons (Fsp3) is 0.800. The van der Waals surface area contributed by atoms with Crippen molar-refractivity contribution in [3.63, 3.8) is 0 Å². The van der Waals surface area contributed by atoms with Crippen molar-refractivity contribution in [2.45, 2.75) is 13.8 Å². The minimum absolute atomic E-state index is 0. The second kappa shape index (κ2) is 11.2. The van der Waals surface area contributed by atoms with Crippen molar-refractivity contribution >= 4 is 86.0 Å². The topological polar surface area (TPSA) is 3.24 Å². The fourth-order valence-corrected chi connectivity index (χ4v) is 1.04. The van der Waals surface area contributed by atoms with Gasteiger partial charge in [0.05, 0.1) is 0 Å². The third kappa shape index (κ3) is 8.26. The molecule has 0 bridgehead atoms. The predicted octanol–water partition coefficient (Wildman–Crippen LogP) is -0.0218. The van der Waals surface area contributed by atoms with Crippen LogP contribution in [-0.4, -0.2) is 79.2 Å². The van der Waals surface area contributed by atoms with Gasteiger partial charge in [0.25, 0.3) is 0 Å². The average molecular weight is 382 g/mol. The molecule has 0 aliphatic heterocycles. The van der Waals surface area contributed by atoms with Crippen molar-refractivity contribution in [3.8, 4) is 0 Å². The molecule has 0 rings (SSSR count). The first-order valence-electron chi connectivity index (χ1n) is 2.70. The molecule has 0 saturated heterocycles. The number of nitrogens with zero attached hydrogens (tertiary/aromatic N) is 1. The van der Waals surface area contributed by atoms with E-state index in [1.165, 1.54) is 0 Å². The zero-order valence-corrected chi connectivity index (χ0v) is 13.1. The molecule has 0 aromatic rings. The predicted molar refractivity (Wildman–Crippen MR) is 60.2 cm³/mol. The Balaban J connectivity index is -0.000000245. The average Bonchev–Trinajstić information content (AvgIpc) is 1.69. The van der Waals surface area contributed by atoms with Crippen LogP contribution in [0, 0.1) is 0 Å². The van der Waals surface area contributed by atoms with Crippen LogP contribution in [0.15, 0.2) is 0 Å². The molecule has 1 nitrogen and oxygen atoms in total. The Morgan fingerprint density at radius 2 is 1.70 bits per heavy atom. The number of rotatable bonds is 2. The summed E-state index contributed by atoms with van der Waals surface area (Å²) in [6, 6.07) is 0. The minimum atomic E-state index is 0. The molecule has 0 N–H and O–H groups in total. The SMILES string of the molecule is CCN(CC)C(=S)S.[NaH].[PbH2]. The molecule has 0 spiro atoms. The van der Waals surface area contributed by atoms with Gasteiger partial charge in [0.2, 0.25) is 0 Å². The molecule has 56 valence electrons. The molecule has 10 heavy (non-hydrogen) atoms. The molecule has 0 unspecified atom stereocenters. The fourth-order valence-electron chi connectivity index (χ4n) is 0.494. The van der Waals surface area contributed by atoms with Crippen LogP contribution in [0.5, 0.6) is 0 Å². The Morgan fingerprint density at radius 3 is 1.70 bits per heavy atom. The molecule has 0 amide bonds. The normalized spacial score (nSPS) is 7.10. The molecule has 0 aromatic heterocycles. The first-order valence-corrected chi connectivity index (χ1v) is 3.55. The molecule has 0 aromatic carbocycles. The van der Waals surface area contributed by atoms with E-state index in [0.29, 0.717) is 4.32 Å². The molecule has 2 radical (unpaired) electrons. The van der Waals surface area contributed by atoms with Gasteiger partial charge in [-0.2, -0.15) is 0 Å². The van der Waals surface area contributed by atoms with E-state index in [1.54, 1.807) is 0 Å². The van der Waals surface area contributed by atoms with Gasteiger partial charge in [0.15, 0.2) is 0 Å². The van der Waals surface area contributed by atoms with Gasteiger partial charge in [-0.3, -0.25) is 0 Å². The van der Waals surface area contributed by atoms with E-state index >= 15 is 0 Å². The Kier molecular flexibility index (Phi) is 20.1. The molecule has 0 aliphatic rings. The second-order valence-electron chi connectivity index (χ2n) is 1.45. The van der Waals surface area contributed by atoms with Crippen molar-refractivity contribution < 1.29 is 0 Å². The monoisotopic (exact) mass is 383 g/mol. The molecule has 0 heterocycles. The van der Waals surface area contributed by atoms with Crippen LogP contribution in [0.3, 0.4) is 0 Å². The van der Waals surface area contributed by atoms with E-state index in [9.17, 15) is 0 Å². The molecule has 0 aliphatic carbocycles. The number of hydrogen-bond acceptors (Lipinski definition) is 1. The number of thiol groups is 1. The van der Waals surface area contributed by atoms with Gasteiger partial charge < -0.3 is 4.90 Å². The van der Waals surface area contributed by atoms with E-state index in [4.69, 9.17) is 12.2 Å². The van der Waals surface area contributed by atoms with E-state index in [0.717, 1.165) is 13.1 Å². The zero-order chi connectivity index (χ0) is 6.57. The molecular weight excluding hydrogens is 368 g/mol. The standard InChI is InChI=1S/C5H11NS2.Na.Pb.3H/c1-3-6(4-2)5(7)8;;;;;/h3-4H2,1-2H3,(H,7,8);;;;;. The molecule has 5 heteroatoms. The molecule has 0 saturated carbocycles. The summed E-state index contributed by atoms with van der Waals surface area (Å²) in [5.41, 5.74) is 0. The van der Waals surface area contributed by atoms with Crippen molar-refractivity contribution in [2.75, 3.05) is 13.1 Å². The van der Waals surface area contributed by atoms with E-state index in [1.807, 2.05) is 4.90 Å². The van der Waals surface area contributed by atoms with E-state index in [2.05, 4.69) is 26.5 Å². The summed E-state index contributed by atoms with van der Waals surface area (Å²) in [6.07, 6.45) is 0. The van der Waals surface area contributed by atoms with Crippen molar-refractivity contribution in [1.82, 2.24) is 4.90 Å². The van der Waals surface area contributed by atoms with E-state index in [-0.39, 0.29) is 56.9 Å². The Morgan fingerprint density at radius 1 is 1.40 bits per heavy atom. The number of thiocarbonyl (C=S) groups is 1. The Bertz CT molecular complexity index is 87.7. The van der Waals surface area contributed by atoms with Crippen molar-refractivity contribution in [1.29, 1.82) is 0 Å². The van der Waals surface area contributed by atoms with Crippen LogP contribution in [0.25, 0.3) is 0 Å². The summed E-state index contributed by atoms with van der Waals surface area (Å²) < 4.78 is 0.690. The van der Waals surface area contributed by atoms with Crippen LogP contribution in [-0.2, 0) is 0 Å². The summed E-state index contributed by atoms with van der Waals surface area (Å²) in [6.45, 7) is 6.04. The summed E-state index contributed by atoms with van der Waals surface area (Å²) in [4.78, 5) is 2.01. The van der Waals surface area contributed by atoms with Gasteiger partial charge in [-0.15, -0.1) is 12.6 Å².